The summed E-state index contributed by atoms with van der Waals surface area (Å²) in [4.78, 5) is 10.8. The topological polar surface area (TPSA) is 46.5 Å². The number of aliphatic hydroxyl groups excluding tert-OH is 1. The van der Waals surface area contributed by atoms with Crippen molar-refractivity contribution < 1.29 is 14.3 Å². The number of rotatable bonds is 5. The molecule has 0 rings (SSSR count). The minimum Gasteiger partial charge on any atom is -0.414 e. The van der Waals surface area contributed by atoms with Gasteiger partial charge in [-0.1, -0.05) is 20.8 Å². The molecule has 0 aliphatic rings. The molecule has 1 N–H and O–H groups in total. The number of Topliss-reactive ketones (excluding diaryl/α,β-unsaturated/α-hetero) is 1. The fraction of sp³-hybridized carbons (Fsp3) is 0.909. The van der Waals surface area contributed by atoms with Crippen molar-refractivity contribution in [3.63, 3.8) is 0 Å². The van der Waals surface area contributed by atoms with E-state index in [1.165, 1.54) is 6.92 Å². The van der Waals surface area contributed by atoms with Crippen molar-refractivity contribution in [1.29, 1.82) is 0 Å². The first-order valence-corrected chi connectivity index (χ1v) is 8.28. The molecule has 0 aromatic carbocycles. The summed E-state index contributed by atoms with van der Waals surface area (Å²) in [6.07, 6.45) is -0.467. The molecular weight excluding hydrogens is 208 g/mol. The van der Waals surface area contributed by atoms with Gasteiger partial charge in [-0.15, -0.1) is 0 Å². The third kappa shape index (κ3) is 5.44. The third-order valence-corrected chi connectivity index (χ3v) is 7.47. The largest absolute Gasteiger partial charge is 0.414 e. The Bertz CT molecular complexity index is 218. The molecule has 0 aliphatic heterocycles. The van der Waals surface area contributed by atoms with E-state index in [1.807, 2.05) is 0 Å². The van der Waals surface area contributed by atoms with Gasteiger partial charge < -0.3 is 9.53 Å². The van der Waals surface area contributed by atoms with Crippen LogP contribution in [0.5, 0.6) is 0 Å². The Kier molecular flexibility index (Phi) is 5.16. The van der Waals surface area contributed by atoms with Gasteiger partial charge in [-0.25, -0.2) is 0 Å². The normalized spacial score (nSPS) is 15.1. The van der Waals surface area contributed by atoms with Crippen molar-refractivity contribution in [3.8, 4) is 0 Å². The molecule has 0 fully saturated rings. The zero-order valence-corrected chi connectivity index (χ0v) is 11.8. The molecule has 0 saturated heterocycles. The van der Waals surface area contributed by atoms with E-state index in [9.17, 15) is 9.90 Å². The van der Waals surface area contributed by atoms with Gasteiger partial charge in [0, 0.05) is 6.42 Å². The number of carbonyl (C=O) groups excluding carboxylic acids is 1. The SMILES string of the molecule is CC(=O)C[C@@H](O)CO[Si](C)(C)C(C)(C)C. The van der Waals surface area contributed by atoms with Crippen LogP contribution >= 0.6 is 0 Å². The molecule has 15 heavy (non-hydrogen) atoms. The van der Waals surface area contributed by atoms with Gasteiger partial charge in [-0.2, -0.15) is 0 Å². The van der Waals surface area contributed by atoms with Crippen LogP contribution in [0, 0.1) is 0 Å². The van der Waals surface area contributed by atoms with Gasteiger partial charge in [-0.05, 0) is 25.1 Å². The van der Waals surface area contributed by atoms with Crippen molar-refractivity contribution in [3.05, 3.63) is 0 Å². The van der Waals surface area contributed by atoms with Gasteiger partial charge >= 0.3 is 0 Å². The lowest BCUT2D eigenvalue weighted by Crippen LogP contribution is -2.42. The second kappa shape index (κ2) is 5.23. The molecule has 0 aliphatic carbocycles. The molecule has 3 nitrogen and oxygen atoms in total. The number of aliphatic hydroxyl groups is 1. The van der Waals surface area contributed by atoms with Crippen LogP contribution in [0.25, 0.3) is 0 Å². The lowest BCUT2D eigenvalue weighted by molar-refractivity contribution is -0.119. The summed E-state index contributed by atoms with van der Waals surface area (Å²) in [5.41, 5.74) is 0. The van der Waals surface area contributed by atoms with E-state index >= 15 is 0 Å². The lowest BCUT2D eigenvalue weighted by atomic mass is 10.2. The lowest BCUT2D eigenvalue weighted by Gasteiger charge is -2.36. The summed E-state index contributed by atoms with van der Waals surface area (Å²) in [5.74, 6) is 0.00123. The predicted octanol–water partition coefficient (Wildman–Crippen LogP) is 2.35. The third-order valence-electron chi connectivity index (χ3n) is 2.97. The van der Waals surface area contributed by atoms with Crippen molar-refractivity contribution >= 4 is 14.1 Å². The Labute approximate surface area is 94.0 Å². The molecular formula is C11H24O3Si. The highest BCUT2D eigenvalue weighted by atomic mass is 28.4. The molecule has 1 atom stereocenters. The van der Waals surface area contributed by atoms with Gasteiger partial charge in [0.2, 0.25) is 0 Å². The summed E-state index contributed by atoms with van der Waals surface area (Å²) < 4.78 is 5.79. The van der Waals surface area contributed by atoms with E-state index in [4.69, 9.17) is 4.43 Å². The molecule has 0 radical (unpaired) electrons. The van der Waals surface area contributed by atoms with Crippen molar-refractivity contribution in [2.45, 2.75) is 58.4 Å². The van der Waals surface area contributed by atoms with Crippen LogP contribution in [-0.2, 0) is 9.22 Å². The van der Waals surface area contributed by atoms with Crippen molar-refractivity contribution in [1.82, 2.24) is 0 Å². The van der Waals surface area contributed by atoms with Crippen LogP contribution < -0.4 is 0 Å². The minimum atomic E-state index is -1.79. The first-order chi connectivity index (χ1) is 6.56. The minimum absolute atomic E-state index is 0.00123. The average Bonchev–Trinajstić information content (AvgIpc) is 1.97. The highest BCUT2D eigenvalue weighted by Gasteiger charge is 2.37. The standard InChI is InChI=1S/C11H24O3Si/c1-9(12)7-10(13)8-14-15(5,6)11(2,3)4/h10,13H,7-8H2,1-6H3/t10-/m1/s1. The van der Waals surface area contributed by atoms with Gasteiger partial charge in [0.25, 0.3) is 0 Å². The molecule has 0 unspecified atom stereocenters. The molecule has 0 aromatic rings. The van der Waals surface area contributed by atoms with Crippen LogP contribution in [0.4, 0.5) is 0 Å². The van der Waals surface area contributed by atoms with Crippen LogP contribution in [-0.4, -0.2) is 31.9 Å². The molecule has 90 valence electrons. The van der Waals surface area contributed by atoms with Gasteiger partial charge in [0.1, 0.15) is 5.78 Å². The van der Waals surface area contributed by atoms with Crippen molar-refractivity contribution in [2.24, 2.45) is 0 Å². The second-order valence-electron chi connectivity index (χ2n) is 5.63. The maximum Gasteiger partial charge on any atom is 0.192 e. The first-order valence-electron chi connectivity index (χ1n) is 5.38. The highest BCUT2D eigenvalue weighted by Crippen LogP contribution is 2.36. The maximum atomic E-state index is 10.8. The molecule has 0 spiro atoms. The Morgan fingerprint density at radius 3 is 2.20 bits per heavy atom. The fourth-order valence-corrected chi connectivity index (χ4v) is 1.95. The van der Waals surface area contributed by atoms with Crippen molar-refractivity contribution in [2.75, 3.05) is 6.61 Å². The molecule has 0 aromatic heterocycles. The number of carbonyl (C=O) groups is 1. The monoisotopic (exact) mass is 232 g/mol. The Balaban J connectivity index is 4.10. The predicted molar refractivity (Wildman–Crippen MR) is 64.5 cm³/mol. The zero-order chi connectivity index (χ0) is 12.3. The summed E-state index contributed by atoms with van der Waals surface area (Å²) in [6.45, 7) is 12.5. The van der Waals surface area contributed by atoms with Crippen LogP contribution in [0.3, 0.4) is 0 Å². The summed E-state index contributed by atoms with van der Waals surface area (Å²) in [5, 5.41) is 9.67. The number of hydrogen-bond acceptors (Lipinski definition) is 3. The van der Waals surface area contributed by atoms with Gasteiger partial charge in [0.05, 0.1) is 12.7 Å². The quantitative estimate of drug-likeness (QED) is 0.740. The van der Waals surface area contributed by atoms with Crippen LogP contribution in [0.2, 0.25) is 18.1 Å². The maximum absolute atomic E-state index is 10.8. The van der Waals surface area contributed by atoms with E-state index in [2.05, 4.69) is 33.9 Å². The Hall–Kier alpha value is -0.193. The molecule has 0 amide bonds. The highest BCUT2D eigenvalue weighted by molar-refractivity contribution is 6.74. The van der Waals surface area contributed by atoms with E-state index < -0.39 is 14.4 Å². The molecule has 4 heteroatoms. The van der Waals surface area contributed by atoms with Crippen LogP contribution in [0.1, 0.15) is 34.1 Å². The fourth-order valence-electron chi connectivity index (χ4n) is 0.912. The van der Waals surface area contributed by atoms with E-state index in [1.54, 1.807) is 0 Å². The van der Waals surface area contributed by atoms with Crippen LogP contribution in [0.15, 0.2) is 0 Å². The first kappa shape index (κ1) is 14.8. The van der Waals surface area contributed by atoms with E-state index in [0.717, 1.165) is 0 Å². The number of hydrogen-bond donors (Lipinski definition) is 1. The van der Waals surface area contributed by atoms with E-state index in [0.29, 0.717) is 0 Å². The smallest absolute Gasteiger partial charge is 0.192 e. The summed E-state index contributed by atoms with van der Waals surface area (Å²) in [6, 6.07) is 0. The Morgan fingerprint density at radius 2 is 1.87 bits per heavy atom. The number of ketones is 1. The molecule has 0 heterocycles. The molecule has 0 saturated carbocycles. The average molecular weight is 232 g/mol. The summed E-state index contributed by atoms with van der Waals surface area (Å²) in [7, 11) is -1.79. The zero-order valence-electron chi connectivity index (χ0n) is 10.8. The molecule has 0 bridgehead atoms. The van der Waals surface area contributed by atoms with Gasteiger partial charge in [0.15, 0.2) is 8.32 Å². The summed E-state index contributed by atoms with van der Waals surface area (Å²) >= 11 is 0. The Morgan fingerprint density at radius 1 is 1.40 bits per heavy atom. The van der Waals surface area contributed by atoms with Gasteiger partial charge in [-0.3, -0.25) is 4.79 Å². The second-order valence-corrected chi connectivity index (χ2v) is 10.4. The van der Waals surface area contributed by atoms with E-state index in [-0.39, 0.29) is 23.8 Å².